The molecule has 3 aromatic rings. The Bertz CT molecular complexity index is 1160. The van der Waals surface area contributed by atoms with E-state index in [0.717, 1.165) is 16.7 Å². The van der Waals surface area contributed by atoms with Crippen molar-refractivity contribution in [2.45, 2.75) is 24.7 Å². The summed E-state index contributed by atoms with van der Waals surface area (Å²) < 4.78 is 34.1. The summed E-state index contributed by atoms with van der Waals surface area (Å²) in [5.41, 5.74) is 3.34. The lowest BCUT2D eigenvalue weighted by atomic mass is 10.0. The number of sulfonamides is 1. The Morgan fingerprint density at radius 2 is 1.72 bits per heavy atom. The Morgan fingerprint density at radius 3 is 2.48 bits per heavy atom. The molecule has 0 spiro atoms. The first-order chi connectivity index (χ1) is 13.9. The lowest BCUT2D eigenvalue weighted by molar-refractivity contribution is 0.316. The van der Waals surface area contributed by atoms with E-state index in [1.54, 1.807) is 18.2 Å². The first-order valence-corrected chi connectivity index (χ1v) is 11.3. The molecule has 3 aromatic carbocycles. The average molecular weight is 428 g/mol. The Hall–Kier alpha value is -2.50. The summed E-state index contributed by atoms with van der Waals surface area (Å²) >= 11 is 6.13. The molecule has 29 heavy (non-hydrogen) atoms. The number of ether oxygens (including phenoxy) is 1. The zero-order chi connectivity index (χ0) is 20.6. The van der Waals surface area contributed by atoms with E-state index in [1.165, 1.54) is 4.31 Å². The second-order valence-electron chi connectivity index (χ2n) is 7.35. The number of fused-ring (bicyclic) bond motifs is 1. The molecule has 150 valence electrons. The van der Waals surface area contributed by atoms with Gasteiger partial charge in [-0.3, -0.25) is 4.31 Å². The van der Waals surface area contributed by atoms with Gasteiger partial charge < -0.3 is 4.74 Å². The lowest BCUT2D eigenvalue weighted by Crippen LogP contribution is -2.38. The Morgan fingerprint density at radius 1 is 0.966 bits per heavy atom. The third-order valence-corrected chi connectivity index (χ3v) is 7.09. The molecular weight excluding hydrogens is 406 g/mol. The van der Waals surface area contributed by atoms with Crippen LogP contribution >= 0.6 is 11.6 Å². The van der Waals surface area contributed by atoms with E-state index in [1.807, 2.05) is 62.4 Å². The molecule has 1 aliphatic heterocycles. The van der Waals surface area contributed by atoms with Gasteiger partial charge in [-0.2, -0.15) is 0 Å². The predicted molar refractivity (Wildman–Crippen MR) is 117 cm³/mol. The molecule has 1 aliphatic rings. The van der Waals surface area contributed by atoms with Crippen molar-refractivity contribution < 1.29 is 13.2 Å². The van der Waals surface area contributed by atoms with E-state index >= 15 is 0 Å². The molecule has 0 aliphatic carbocycles. The highest BCUT2D eigenvalue weighted by Crippen LogP contribution is 2.39. The summed E-state index contributed by atoms with van der Waals surface area (Å²) in [4.78, 5) is 0.296. The minimum Gasteiger partial charge on any atom is -0.489 e. The van der Waals surface area contributed by atoms with Gasteiger partial charge in [-0.15, -0.1) is 0 Å². The van der Waals surface area contributed by atoms with E-state index in [0.29, 0.717) is 28.0 Å². The lowest BCUT2D eigenvalue weighted by Gasteiger charge is -2.31. The van der Waals surface area contributed by atoms with Gasteiger partial charge in [0, 0.05) is 5.02 Å². The number of anilines is 1. The van der Waals surface area contributed by atoms with Crippen LogP contribution in [0.15, 0.2) is 71.6 Å². The number of hydrogen-bond donors (Lipinski definition) is 0. The van der Waals surface area contributed by atoms with Gasteiger partial charge in [0.25, 0.3) is 10.0 Å². The molecule has 1 heterocycles. The third kappa shape index (κ3) is 3.85. The molecule has 0 unspecified atom stereocenters. The van der Waals surface area contributed by atoms with Crippen molar-refractivity contribution in [1.29, 1.82) is 0 Å². The van der Waals surface area contributed by atoms with Gasteiger partial charge in [0.1, 0.15) is 12.4 Å². The van der Waals surface area contributed by atoms with Gasteiger partial charge in [0.15, 0.2) is 0 Å². The second-order valence-corrected chi connectivity index (χ2v) is 9.64. The number of hydrogen-bond acceptors (Lipinski definition) is 3. The minimum atomic E-state index is -3.71. The largest absolute Gasteiger partial charge is 0.489 e. The molecule has 0 N–H and O–H groups in total. The third-order valence-electron chi connectivity index (χ3n) is 5.05. The SMILES string of the molecule is CC(C)c1cccc(S(=O)(=O)N2CCOc3ccc(-c4cccc(Cl)c4)cc32)c1. The van der Waals surface area contributed by atoms with E-state index in [4.69, 9.17) is 16.3 Å². The number of halogens is 1. The molecule has 0 aromatic heterocycles. The van der Waals surface area contributed by atoms with E-state index in [-0.39, 0.29) is 12.5 Å². The van der Waals surface area contributed by atoms with Crippen molar-refractivity contribution in [1.82, 2.24) is 0 Å². The molecule has 0 radical (unpaired) electrons. The maximum absolute atomic E-state index is 13.5. The van der Waals surface area contributed by atoms with Crippen molar-refractivity contribution in [3.63, 3.8) is 0 Å². The van der Waals surface area contributed by atoms with Crippen molar-refractivity contribution in [3.8, 4) is 16.9 Å². The van der Waals surface area contributed by atoms with Crippen LogP contribution in [-0.4, -0.2) is 21.6 Å². The van der Waals surface area contributed by atoms with Crippen molar-refractivity contribution in [3.05, 3.63) is 77.3 Å². The number of benzene rings is 3. The molecule has 0 amide bonds. The first-order valence-electron chi connectivity index (χ1n) is 9.52. The molecule has 0 bridgehead atoms. The Labute approximate surface area is 176 Å². The molecule has 6 heteroatoms. The fourth-order valence-electron chi connectivity index (χ4n) is 3.45. The van der Waals surface area contributed by atoms with Crippen molar-refractivity contribution >= 4 is 27.3 Å². The zero-order valence-electron chi connectivity index (χ0n) is 16.3. The van der Waals surface area contributed by atoms with Gasteiger partial charge in [0.2, 0.25) is 0 Å². The summed E-state index contributed by atoms with van der Waals surface area (Å²) in [6, 6.07) is 20.2. The number of nitrogens with zero attached hydrogens (tertiary/aromatic N) is 1. The molecule has 4 rings (SSSR count). The van der Waals surface area contributed by atoms with Crippen LogP contribution in [0.1, 0.15) is 25.3 Å². The maximum Gasteiger partial charge on any atom is 0.264 e. The minimum absolute atomic E-state index is 0.247. The van der Waals surface area contributed by atoms with Crippen LogP contribution in [0.4, 0.5) is 5.69 Å². The molecule has 0 fully saturated rings. The normalized spacial score (nSPS) is 13.9. The Kier molecular flexibility index (Phi) is 5.28. The predicted octanol–water partition coefficient (Wildman–Crippen LogP) is 5.72. The maximum atomic E-state index is 13.5. The summed E-state index contributed by atoms with van der Waals surface area (Å²) in [5, 5.41) is 0.631. The fraction of sp³-hybridized carbons (Fsp3) is 0.217. The molecule has 0 saturated heterocycles. The van der Waals surface area contributed by atoms with Crippen LogP contribution in [0.2, 0.25) is 5.02 Å². The summed E-state index contributed by atoms with van der Waals surface area (Å²) in [5.74, 6) is 0.808. The number of rotatable bonds is 4. The van der Waals surface area contributed by atoms with E-state index < -0.39 is 10.0 Å². The van der Waals surface area contributed by atoms with Crippen LogP contribution < -0.4 is 9.04 Å². The molecule has 0 atom stereocenters. The fourth-order valence-corrected chi connectivity index (χ4v) is 5.15. The summed E-state index contributed by atoms with van der Waals surface area (Å²) in [7, 11) is -3.71. The van der Waals surface area contributed by atoms with Gasteiger partial charge in [-0.1, -0.05) is 55.8 Å². The standard InChI is InChI=1S/C23H22ClNO3S/c1-16(2)17-5-4-8-21(14-17)29(26,27)25-11-12-28-23-10-9-19(15-22(23)25)18-6-3-7-20(24)13-18/h3-10,13-16H,11-12H2,1-2H3. The molecule has 4 nitrogen and oxygen atoms in total. The monoisotopic (exact) mass is 427 g/mol. The van der Waals surface area contributed by atoms with Crippen LogP contribution in [0, 0.1) is 0 Å². The quantitative estimate of drug-likeness (QED) is 0.535. The first kappa shape index (κ1) is 19.8. The molecule has 0 saturated carbocycles. The smallest absolute Gasteiger partial charge is 0.264 e. The second kappa shape index (κ2) is 7.73. The highest BCUT2D eigenvalue weighted by Gasteiger charge is 2.30. The van der Waals surface area contributed by atoms with Crippen LogP contribution in [0.25, 0.3) is 11.1 Å². The summed E-state index contributed by atoms with van der Waals surface area (Å²) in [6.45, 7) is 4.67. The zero-order valence-corrected chi connectivity index (χ0v) is 17.9. The Balaban J connectivity index is 1.79. The van der Waals surface area contributed by atoms with Crippen molar-refractivity contribution in [2.75, 3.05) is 17.5 Å². The van der Waals surface area contributed by atoms with Gasteiger partial charge in [-0.25, -0.2) is 8.42 Å². The van der Waals surface area contributed by atoms with Crippen molar-refractivity contribution in [2.24, 2.45) is 0 Å². The van der Waals surface area contributed by atoms with Crippen LogP contribution in [0.5, 0.6) is 5.75 Å². The average Bonchev–Trinajstić information content (AvgIpc) is 2.73. The topological polar surface area (TPSA) is 46.6 Å². The highest BCUT2D eigenvalue weighted by atomic mass is 35.5. The molecular formula is C23H22ClNO3S. The summed E-state index contributed by atoms with van der Waals surface area (Å²) in [6.07, 6.45) is 0. The van der Waals surface area contributed by atoms with E-state index in [2.05, 4.69) is 0 Å². The van der Waals surface area contributed by atoms with E-state index in [9.17, 15) is 8.42 Å². The van der Waals surface area contributed by atoms with Crippen LogP contribution in [0.3, 0.4) is 0 Å². The van der Waals surface area contributed by atoms with Crippen LogP contribution in [-0.2, 0) is 10.0 Å². The van der Waals surface area contributed by atoms with Gasteiger partial charge in [0.05, 0.1) is 17.1 Å². The van der Waals surface area contributed by atoms with Gasteiger partial charge in [-0.05, 0) is 59.0 Å². The van der Waals surface area contributed by atoms with Gasteiger partial charge >= 0.3 is 0 Å². The highest BCUT2D eigenvalue weighted by molar-refractivity contribution is 7.92.